The van der Waals surface area contributed by atoms with Crippen molar-refractivity contribution >= 4 is 16.7 Å². The Kier molecular flexibility index (Phi) is 4.21. The van der Waals surface area contributed by atoms with E-state index < -0.39 is 10.8 Å². The number of hydrogen-bond donors (Lipinski definition) is 1. The maximum Gasteiger partial charge on any atom is 0.203 e. The fourth-order valence-electron chi connectivity index (χ4n) is 3.21. The largest absolute Gasteiger partial charge is 0.353 e. The van der Waals surface area contributed by atoms with Gasteiger partial charge in [0.05, 0.1) is 0 Å². The molecule has 0 bridgehead atoms. The van der Waals surface area contributed by atoms with Crippen molar-refractivity contribution in [3.63, 3.8) is 0 Å². The summed E-state index contributed by atoms with van der Waals surface area (Å²) in [5, 5.41) is 3.61. The van der Waals surface area contributed by atoms with Gasteiger partial charge < -0.3 is 9.88 Å². The second-order valence-electron chi connectivity index (χ2n) is 5.72. The van der Waals surface area contributed by atoms with Gasteiger partial charge in [0, 0.05) is 46.8 Å². The minimum atomic E-state index is -0.590. The molecule has 1 aliphatic carbocycles. The summed E-state index contributed by atoms with van der Waals surface area (Å²) >= 11 is 0. The van der Waals surface area contributed by atoms with Gasteiger partial charge in [-0.1, -0.05) is 19.3 Å². The molecular weight excluding hydrogens is 258 g/mol. The van der Waals surface area contributed by atoms with Crippen molar-refractivity contribution in [2.45, 2.75) is 57.0 Å². The van der Waals surface area contributed by atoms with Crippen LogP contribution in [-0.4, -0.2) is 31.3 Å². The summed E-state index contributed by atoms with van der Waals surface area (Å²) < 4.78 is 13.7. The van der Waals surface area contributed by atoms with E-state index in [0.29, 0.717) is 12.1 Å². The number of nitrogens with one attached hydrogen (secondary N) is 1. The Morgan fingerprint density at radius 2 is 1.89 bits per heavy atom. The maximum atomic E-state index is 11.5. The lowest BCUT2D eigenvalue weighted by molar-refractivity contribution is 0.442. The van der Waals surface area contributed by atoms with E-state index in [4.69, 9.17) is 0 Å². The van der Waals surface area contributed by atoms with E-state index in [2.05, 4.69) is 21.1 Å². The number of anilines is 1. The fraction of sp³-hybridized carbons (Fsp3) is 0.786. The van der Waals surface area contributed by atoms with Gasteiger partial charge in [0.2, 0.25) is 5.95 Å². The molecule has 2 aliphatic rings. The van der Waals surface area contributed by atoms with Crippen LogP contribution in [0.5, 0.6) is 0 Å². The Balaban J connectivity index is 1.65. The minimum absolute atomic E-state index is 0.478. The van der Waals surface area contributed by atoms with Gasteiger partial charge in [-0.15, -0.1) is 0 Å². The van der Waals surface area contributed by atoms with Gasteiger partial charge >= 0.3 is 0 Å². The normalized spacial score (nSPS) is 29.3. The van der Waals surface area contributed by atoms with Crippen molar-refractivity contribution in [2.75, 3.05) is 16.8 Å². The third kappa shape index (κ3) is 3.19. The Labute approximate surface area is 117 Å². The highest BCUT2D eigenvalue weighted by Crippen LogP contribution is 2.27. The number of imidazole rings is 1. The monoisotopic (exact) mass is 281 g/mol. The van der Waals surface area contributed by atoms with Crippen LogP contribution in [0.2, 0.25) is 0 Å². The molecule has 2 fully saturated rings. The van der Waals surface area contributed by atoms with Gasteiger partial charge in [-0.25, -0.2) is 4.98 Å². The van der Waals surface area contributed by atoms with E-state index in [-0.39, 0.29) is 0 Å². The van der Waals surface area contributed by atoms with Crippen LogP contribution in [0.25, 0.3) is 0 Å². The van der Waals surface area contributed by atoms with Crippen molar-refractivity contribution in [3.05, 3.63) is 12.4 Å². The van der Waals surface area contributed by atoms with Crippen LogP contribution in [0.1, 0.15) is 51.0 Å². The molecule has 5 heteroatoms. The summed E-state index contributed by atoms with van der Waals surface area (Å²) in [6.07, 6.45) is 12.6. The van der Waals surface area contributed by atoms with Gasteiger partial charge in [0.15, 0.2) is 0 Å². The molecule has 0 atom stereocenters. The quantitative estimate of drug-likeness (QED) is 0.926. The van der Waals surface area contributed by atoms with E-state index in [1.807, 2.05) is 6.20 Å². The lowest BCUT2D eigenvalue weighted by Crippen LogP contribution is -2.27. The van der Waals surface area contributed by atoms with Crippen molar-refractivity contribution in [2.24, 2.45) is 0 Å². The second-order valence-corrected chi connectivity index (χ2v) is 7.41. The van der Waals surface area contributed by atoms with Gasteiger partial charge in [0.25, 0.3) is 0 Å². The van der Waals surface area contributed by atoms with Crippen LogP contribution < -0.4 is 5.32 Å². The molecule has 1 aromatic rings. The molecule has 1 saturated carbocycles. The minimum Gasteiger partial charge on any atom is -0.353 e. The molecule has 3 rings (SSSR count). The molecule has 106 valence electrons. The highest BCUT2D eigenvalue weighted by atomic mass is 32.2. The Bertz CT molecular complexity index is 430. The first-order chi connectivity index (χ1) is 9.33. The van der Waals surface area contributed by atoms with Crippen molar-refractivity contribution in [1.29, 1.82) is 0 Å². The first-order valence-corrected chi connectivity index (χ1v) is 8.96. The maximum absolute atomic E-state index is 11.5. The number of rotatable bonds is 3. The Morgan fingerprint density at radius 1 is 1.16 bits per heavy atom. The molecule has 1 aromatic heterocycles. The molecule has 2 heterocycles. The smallest absolute Gasteiger partial charge is 0.203 e. The molecule has 0 aromatic carbocycles. The zero-order valence-corrected chi connectivity index (χ0v) is 12.2. The summed E-state index contributed by atoms with van der Waals surface area (Å²) in [6.45, 7) is 0. The molecule has 0 radical (unpaired) electrons. The van der Waals surface area contributed by atoms with Gasteiger partial charge in [-0.2, -0.15) is 0 Å². The number of aromatic nitrogens is 2. The van der Waals surface area contributed by atoms with E-state index in [0.717, 1.165) is 30.3 Å². The van der Waals surface area contributed by atoms with E-state index in [1.54, 1.807) is 0 Å². The molecule has 1 N–H and O–H groups in total. The van der Waals surface area contributed by atoms with Crippen LogP contribution >= 0.6 is 0 Å². The summed E-state index contributed by atoms with van der Waals surface area (Å²) in [6, 6.07) is 1.07. The zero-order chi connectivity index (χ0) is 13.1. The van der Waals surface area contributed by atoms with Crippen molar-refractivity contribution in [1.82, 2.24) is 9.55 Å². The Morgan fingerprint density at radius 3 is 2.63 bits per heavy atom. The first kappa shape index (κ1) is 13.2. The SMILES string of the molecule is O=S1CCC(n2ccnc2NC2CCCCC2)CC1. The number of nitrogens with zero attached hydrogens (tertiary/aromatic N) is 2. The van der Waals surface area contributed by atoms with E-state index in [9.17, 15) is 4.21 Å². The highest BCUT2D eigenvalue weighted by molar-refractivity contribution is 7.85. The Hall–Kier alpha value is -0.840. The lowest BCUT2D eigenvalue weighted by atomic mass is 9.96. The standard InChI is InChI=1S/C14H23N3OS/c18-19-10-6-13(7-11-19)17-9-8-15-14(17)16-12-4-2-1-3-5-12/h8-9,12-13H,1-7,10-11H2,(H,15,16). The van der Waals surface area contributed by atoms with Crippen molar-refractivity contribution in [3.8, 4) is 0 Å². The average Bonchev–Trinajstić information content (AvgIpc) is 2.89. The predicted molar refractivity (Wildman–Crippen MR) is 78.9 cm³/mol. The third-order valence-corrected chi connectivity index (χ3v) is 5.74. The van der Waals surface area contributed by atoms with Crippen LogP contribution in [0, 0.1) is 0 Å². The van der Waals surface area contributed by atoms with Gasteiger partial charge in [0.1, 0.15) is 0 Å². The zero-order valence-electron chi connectivity index (χ0n) is 11.4. The molecule has 19 heavy (non-hydrogen) atoms. The molecule has 0 amide bonds. The van der Waals surface area contributed by atoms with Gasteiger partial charge in [-0.3, -0.25) is 4.21 Å². The molecule has 0 spiro atoms. The summed E-state index contributed by atoms with van der Waals surface area (Å²) in [7, 11) is -0.590. The summed E-state index contributed by atoms with van der Waals surface area (Å²) in [5.74, 6) is 2.70. The van der Waals surface area contributed by atoms with E-state index in [1.165, 1.54) is 32.1 Å². The van der Waals surface area contributed by atoms with Crippen LogP contribution in [0.4, 0.5) is 5.95 Å². The first-order valence-electron chi connectivity index (χ1n) is 7.47. The summed E-state index contributed by atoms with van der Waals surface area (Å²) in [5.41, 5.74) is 0. The average molecular weight is 281 g/mol. The molecule has 1 saturated heterocycles. The summed E-state index contributed by atoms with van der Waals surface area (Å²) in [4.78, 5) is 4.48. The van der Waals surface area contributed by atoms with Crippen LogP contribution in [-0.2, 0) is 10.8 Å². The second kappa shape index (κ2) is 6.07. The van der Waals surface area contributed by atoms with Crippen molar-refractivity contribution < 1.29 is 4.21 Å². The third-order valence-electron chi connectivity index (χ3n) is 4.36. The van der Waals surface area contributed by atoms with Crippen LogP contribution in [0.3, 0.4) is 0 Å². The van der Waals surface area contributed by atoms with Gasteiger partial charge in [-0.05, 0) is 25.7 Å². The fourth-order valence-corrected chi connectivity index (χ4v) is 4.48. The highest BCUT2D eigenvalue weighted by Gasteiger charge is 2.22. The molecular formula is C14H23N3OS. The molecule has 1 aliphatic heterocycles. The topological polar surface area (TPSA) is 46.9 Å². The van der Waals surface area contributed by atoms with E-state index >= 15 is 0 Å². The number of hydrogen-bond acceptors (Lipinski definition) is 3. The predicted octanol–water partition coefficient (Wildman–Crippen LogP) is 2.71. The molecule has 0 unspecified atom stereocenters. The van der Waals surface area contributed by atoms with Crippen LogP contribution in [0.15, 0.2) is 12.4 Å². The molecule has 4 nitrogen and oxygen atoms in total. The lowest BCUT2D eigenvalue weighted by Gasteiger charge is -2.27.